The Bertz CT molecular complexity index is 429. The van der Waals surface area contributed by atoms with Crippen LogP contribution in [0.1, 0.15) is 5.56 Å². The first kappa shape index (κ1) is 12.5. The van der Waals surface area contributed by atoms with E-state index in [0.29, 0.717) is 6.04 Å². The van der Waals surface area contributed by atoms with Crippen molar-refractivity contribution < 1.29 is 0 Å². The number of rotatable bonds is 2. The fourth-order valence-electron chi connectivity index (χ4n) is 3.03. The van der Waals surface area contributed by atoms with Crippen molar-refractivity contribution in [2.75, 3.05) is 44.7 Å². The lowest BCUT2D eigenvalue weighted by molar-refractivity contribution is 0.227. The van der Waals surface area contributed by atoms with Gasteiger partial charge < -0.3 is 10.2 Å². The predicted molar refractivity (Wildman–Crippen MR) is 79.3 cm³/mol. The van der Waals surface area contributed by atoms with Gasteiger partial charge in [-0.15, -0.1) is 0 Å². The van der Waals surface area contributed by atoms with Gasteiger partial charge in [0.05, 0.1) is 0 Å². The monoisotopic (exact) mass is 309 g/mol. The maximum atomic E-state index is 3.68. The molecule has 0 radical (unpaired) electrons. The van der Waals surface area contributed by atoms with Crippen LogP contribution in [0.25, 0.3) is 0 Å². The van der Waals surface area contributed by atoms with Crippen LogP contribution in [-0.4, -0.2) is 50.7 Å². The second-order valence-electron chi connectivity index (χ2n) is 5.26. The van der Waals surface area contributed by atoms with Gasteiger partial charge in [0, 0.05) is 56.0 Å². The van der Waals surface area contributed by atoms with Crippen LogP contribution in [0.2, 0.25) is 0 Å². The zero-order valence-corrected chi connectivity index (χ0v) is 12.4. The molecule has 2 heterocycles. The van der Waals surface area contributed by atoms with Crippen LogP contribution in [-0.2, 0) is 6.42 Å². The summed E-state index contributed by atoms with van der Waals surface area (Å²) in [6, 6.07) is 7.14. The van der Waals surface area contributed by atoms with Crippen molar-refractivity contribution in [3.8, 4) is 0 Å². The molecular formula is C14H20BrN3. The number of hydrogen-bond acceptors (Lipinski definition) is 3. The van der Waals surface area contributed by atoms with Gasteiger partial charge in [-0.25, -0.2) is 0 Å². The molecule has 0 amide bonds. The van der Waals surface area contributed by atoms with Gasteiger partial charge in [-0.3, -0.25) is 4.90 Å². The number of fused-ring (bicyclic) bond motifs is 1. The van der Waals surface area contributed by atoms with Crippen LogP contribution in [0.15, 0.2) is 22.7 Å². The third-order valence-corrected chi connectivity index (χ3v) is 4.88. The van der Waals surface area contributed by atoms with E-state index in [1.54, 1.807) is 0 Å². The summed E-state index contributed by atoms with van der Waals surface area (Å²) in [4.78, 5) is 5.03. The Balaban J connectivity index is 1.71. The highest BCUT2D eigenvalue weighted by Gasteiger charge is 2.29. The molecule has 1 atom stereocenters. The van der Waals surface area contributed by atoms with Gasteiger partial charge in [0.15, 0.2) is 0 Å². The average Bonchev–Trinajstić information content (AvgIpc) is 2.70. The number of benzene rings is 1. The van der Waals surface area contributed by atoms with E-state index in [9.17, 15) is 0 Å². The Morgan fingerprint density at radius 2 is 2.11 bits per heavy atom. The van der Waals surface area contributed by atoms with E-state index in [4.69, 9.17) is 0 Å². The van der Waals surface area contributed by atoms with Crippen LogP contribution in [0.3, 0.4) is 0 Å². The Morgan fingerprint density at radius 1 is 1.33 bits per heavy atom. The van der Waals surface area contributed by atoms with Crippen LogP contribution < -0.4 is 10.2 Å². The van der Waals surface area contributed by atoms with Crippen LogP contribution >= 0.6 is 15.9 Å². The van der Waals surface area contributed by atoms with Gasteiger partial charge in [-0.05, 0) is 24.1 Å². The maximum absolute atomic E-state index is 3.68. The van der Waals surface area contributed by atoms with E-state index in [1.165, 1.54) is 35.4 Å². The third-order valence-electron chi connectivity index (χ3n) is 4.14. The summed E-state index contributed by atoms with van der Waals surface area (Å²) in [6.07, 6.45) is 1.16. The molecule has 1 N–H and O–H groups in total. The molecule has 2 aliphatic heterocycles. The van der Waals surface area contributed by atoms with Crippen molar-refractivity contribution in [3.05, 3.63) is 28.2 Å². The average molecular weight is 310 g/mol. The minimum atomic E-state index is 0.622. The molecule has 1 unspecified atom stereocenters. The first-order valence-corrected chi connectivity index (χ1v) is 7.48. The van der Waals surface area contributed by atoms with Gasteiger partial charge in [-0.2, -0.15) is 0 Å². The van der Waals surface area contributed by atoms with Crippen LogP contribution in [0.5, 0.6) is 0 Å². The van der Waals surface area contributed by atoms with Gasteiger partial charge in [0.1, 0.15) is 0 Å². The van der Waals surface area contributed by atoms with Crippen molar-refractivity contribution in [2.45, 2.75) is 12.5 Å². The highest BCUT2D eigenvalue weighted by molar-refractivity contribution is 9.10. The minimum absolute atomic E-state index is 0.622. The molecule has 0 aromatic heterocycles. The Morgan fingerprint density at radius 3 is 2.83 bits per heavy atom. The fourth-order valence-corrected chi connectivity index (χ4v) is 3.55. The summed E-state index contributed by atoms with van der Waals surface area (Å²) in [7, 11) is 2.23. The second kappa shape index (κ2) is 5.19. The molecule has 18 heavy (non-hydrogen) atoms. The zero-order chi connectivity index (χ0) is 12.5. The van der Waals surface area contributed by atoms with Crippen molar-refractivity contribution in [1.82, 2.24) is 10.2 Å². The highest BCUT2D eigenvalue weighted by Crippen LogP contribution is 2.35. The Labute approximate surface area is 117 Å². The molecule has 1 saturated heterocycles. The van der Waals surface area contributed by atoms with Crippen LogP contribution in [0.4, 0.5) is 5.69 Å². The minimum Gasteiger partial charge on any atom is -0.370 e. The topological polar surface area (TPSA) is 18.5 Å². The Hall–Kier alpha value is -0.580. The lowest BCUT2D eigenvalue weighted by atomic mass is 10.1. The SMILES string of the molecule is CN1c2cccc(Br)c2CC1CN1CCNCC1. The summed E-state index contributed by atoms with van der Waals surface area (Å²) in [5, 5.41) is 3.41. The number of piperazine rings is 1. The zero-order valence-electron chi connectivity index (χ0n) is 10.8. The van der Waals surface area contributed by atoms with Gasteiger partial charge in [0.2, 0.25) is 0 Å². The molecule has 98 valence electrons. The number of likely N-dealkylation sites (N-methyl/N-ethyl adjacent to an activating group) is 1. The summed E-state index contributed by atoms with van der Waals surface area (Å²) >= 11 is 3.68. The van der Waals surface area contributed by atoms with Crippen molar-refractivity contribution in [1.29, 1.82) is 0 Å². The number of nitrogens with one attached hydrogen (secondary N) is 1. The van der Waals surface area contributed by atoms with E-state index < -0.39 is 0 Å². The smallest absolute Gasteiger partial charge is 0.0455 e. The van der Waals surface area contributed by atoms with Crippen molar-refractivity contribution >= 4 is 21.6 Å². The maximum Gasteiger partial charge on any atom is 0.0455 e. The number of hydrogen-bond donors (Lipinski definition) is 1. The lowest BCUT2D eigenvalue weighted by Gasteiger charge is -2.32. The van der Waals surface area contributed by atoms with Crippen molar-refractivity contribution in [2.24, 2.45) is 0 Å². The normalized spacial score (nSPS) is 24.3. The van der Waals surface area contributed by atoms with Gasteiger partial charge in [-0.1, -0.05) is 22.0 Å². The molecule has 3 nitrogen and oxygen atoms in total. The first-order valence-electron chi connectivity index (χ1n) is 6.69. The van der Waals surface area contributed by atoms with E-state index in [1.807, 2.05) is 0 Å². The number of halogens is 1. The quantitative estimate of drug-likeness (QED) is 0.897. The molecule has 0 bridgehead atoms. The molecule has 1 aromatic carbocycles. The second-order valence-corrected chi connectivity index (χ2v) is 6.11. The van der Waals surface area contributed by atoms with E-state index in [0.717, 1.165) is 19.5 Å². The summed E-state index contributed by atoms with van der Waals surface area (Å²) in [6.45, 7) is 5.81. The molecule has 1 aromatic rings. The number of nitrogens with zero attached hydrogens (tertiary/aromatic N) is 2. The molecule has 3 rings (SSSR count). The lowest BCUT2D eigenvalue weighted by Crippen LogP contribution is -2.48. The number of anilines is 1. The molecule has 0 aliphatic carbocycles. The molecule has 4 heteroatoms. The standard InChI is InChI=1S/C14H20BrN3/c1-17-11(10-18-7-5-16-6-8-18)9-12-13(15)3-2-4-14(12)17/h2-4,11,16H,5-10H2,1H3. The van der Waals surface area contributed by atoms with Crippen molar-refractivity contribution in [3.63, 3.8) is 0 Å². The predicted octanol–water partition coefficient (Wildman–Crippen LogP) is 1.72. The molecular weight excluding hydrogens is 290 g/mol. The van der Waals surface area contributed by atoms with Gasteiger partial charge >= 0.3 is 0 Å². The first-order chi connectivity index (χ1) is 8.75. The third kappa shape index (κ3) is 2.29. The highest BCUT2D eigenvalue weighted by atomic mass is 79.9. The summed E-state index contributed by atoms with van der Waals surface area (Å²) in [5.41, 5.74) is 2.87. The summed E-state index contributed by atoms with van der Waals surface area (Å²) in [5.74, 6) is 0. The molecule has 0 saturated carbocycles. The van der Waals surface area contributed by atoms with E-state index in [-0.39, 0.29) is 0 Å². The van der Waals surface area contributed by atoms with Gasteiger partial charge in [0.25, 0.3) is 0 Å². The largest absolute Gasteiger partial charge is 0.370 e. The Kier molecular flexibility index (Phi) is 3.59. The fraction of sp³-hybridized carbons (Fsp3) is 0.571. The van der Waals surface area contributed by atoms with E-state index >= 15 is 0 Å². The van der Waals surface area contributed by atoms with E-state index in [2.05, 4.69) is 56.3 Å². The molecule has 2 aliphatic rings. The molecule has 0 spiro atoms. The van der Waals surface area contributed by atoms with Crippen LogP contribution in [0, 0.1) is 0 Å². The molecule has 1 fully saturated rings. The summed E-state index contributed by atoms with van der Waals surface area (Å²) < 4.78 is 1.26.